The molecule has 0 aliphatic rings. The van der Waals surface area contributed by atoms with Gasteiger partial charge in [-0.3, -0.25) is 0 Å². The van der Waals surface area contributed by atoms with E-state index in [-0.39, 0.29) is 5.82 Å². The highest BCUT2D eigenvalue weighted by atomic mass is 19.1. The average Bonchev–Trinajstić information content (AvgIpc) is 2.38. The monoisotopic (exact) mass is 260 g/mol. The number of aliphatic hydroxyl groups excluding tert-OH is 1. The Morgan fingerprint density at radius 3 is 2.63 bits per heavy atom. The lowest BCUT2D eigenvalue weighted by Crippen LogP contribution is -2.02. The Balaban J connectivity index is 2.18. The van der Waals surface area contributed by atoms with Crippen LogP contribution in [0.1, 0.15) is 29.7 Å². The largest absolute Gasteiger partial charge is 0.489 e. The van der Waals surface area contributed by atoms with Crippen molar-refractivity contribution in [1.29, 1.82) is 0 Å². The minimum atomic E-state index is -0.762. The summed E-state index contributed by atoms with van der Waals surface area (Å²) >= 11 is 0. The Labute approximate surface area is 112 Å². The van der Waals surface area contributed by atoms with Gasteiger partial charge in [0.1, 0.15) is 18.2 Å². The van der Waals surface area contributed by atoms with E-state index in [1.807, 2.05) is 31.2 Å². The van der Waals surface area contributed by atoms with E-state index in [1.165, 1.54) is 12.1 Å². The first-order valence-corrected chi connectivity index (χ1v) is 6.22. The van der Waals surface area contributed by atoms with Gasteiger partial charge in [0, 0.05) is 5.56 Å². The van der Waals surface area contributed by atoms with Gasteiger partial charge in [0.25, 0.3) is 0 Å². The lowest BCUT2D eigenvalue weighted by Gasteiger charge is -2.14. The summed E-state index contributed by atoms with van der Waals surface area (Å²) in [5.74, 6) is 0.138. The fourth-order valence-corrected chi connectivity index (χ4v) is 1.90. The lowest BCUT2D eigenvalue weighted by atomic mass is 10.1. The summed E-state index contributed by atoms with van der Waals surface area (Å²) in [5.41, 5.74) is 2.68. The number of hydrogen-bond acceptors (Lipinski definition) is 2. The molecule has 3 heteroatoms. The smallest absolute Gasteiger partial charge is 0.125 e. The SMILES string of the molecule is Cc1ccccc1COc1ccc(F)cc1C(C)O. The predicted molar refractivity (Wildman–Crippen MR) is 72.5 cm³/mol. The Kier molecular flexibility index (Phi) is 4.17. The molecule has 1 unspecified atom stereocenters. The molecule has 0 aliphatic carbocycles. The summed E-state index contributed by atoms with van der Waals surface area (Å²) < 4.78 is 18.9. The lowest BCUT2D eigenvalue weighted by molar-refractivity contribution is 0.189. The first-order chi connectivity index (χ1) is 9.08. The van der Waals surface area contributed by atoms with Gasteiger partial charge in [-0.25, -0.2) is 4.39 Å². The number of hydrogen-bond donors (Lipinski definition) is 1. The molecule has 2 aromatic carbocycles. The molecule has 0 spiro atoms. The van der Waals surface area contributed by atoms with E-state index in [9.17, 15) is 9.50 Å². The van der Waals surface area contributed by atoms with Gasteiger partial charge in [-0.2, -0.15) is 0 Å². The Hall–Kier alpha value is -1.87. The molecule has 19 heavy (non-hydrogen) atoms. The zero-order chi connectivity index (χ0) is 13.8. The van der Waals surface area contributed by atoms with E-state index in [0.717, 1.165) is 11.1 Å². The minimum absolute atomic E-state index is 0.376. The zero-order valence-corrected chi connectivity index (χ0v) is 11.1. The molecule has 1 atom stereocenters. The predicted octanol–water partition coefficient (Wildman–Crippen LogP) is 3.77. The summed E-state index contributed by atoms with van der Waals surface area (Å²) in [6.07, 6.45) is -0.762. The molecule has 0 aromatic heterocycles. The summed E-state index contributed by atoms with van der Waals surface area (Å²) in [6, 6.07) is 12.1. The van der Waals surface area contributed by atoms with Crippen LogP contribution in [0.4, 0.5) is 4.39 Å². The van der Waals surface area contributed by atoms with Crippen LogP contribution < -0.4 is 4.74 Å². The van der Waals surface area contributed by atoms with Crippen molar-refractivity contribution >= 4 is 0 Å². The van der Waals surface area contributed by atoms with Crippen molar-refractivity contribution < 1.29 is 14.2 Å². The van der Waals surface area contributed by atoms with Crippen LogP contribution in [-0.4, -0.2) is 5.11 Å². The van der Waals surface area contributed by atoms with E-state index >= 15 is 0 Å². The molecule has 0 fully saturated rings. The molecule has 0 heterocycles. The Morgan fingerprint density at radius 2 is 1.95 bits per heavy atom. The third-order valence-corrected chi connectivity index (χ3v) is 3.07. The van der Waals surface area contributed by atoms with E-state index in [4.69, 9.17) is 4.74 Å². The fourth-order valence-electron chi connectivity index (χ4n) is 1.90. The van der Waals surface area contributed by atoms with Gasteiger partial charge >= 0.3 is 0 Å². The number of rotatable bonds is 4. The second-order valence-corrected chi connectivity index (χ2v) is 4.57. The molecule has 0 saturated carbocycles. The van der Waals surface area contributed by atoms with Crippen LogP contribution in [0.5, 0.6) is 5.75 Å². The molecular weight excluding hydrogens is 243 g/mol. The van der Waals surface area contributed by atoms with Crippen molar-refractivity contribution in [3.8, 4) is 5.75 Å². The van der Waals surface area contributed by atoms with Gasteiger partial charge < -0.3 is 9.84 Å². The minimum Gasteiger partial charge on any atom is -0.489 e. The van der Waals surface area contributed by atoms with Crippen molar-refractivity contribution in [1.82, 2.24) is 0 Å². The van der Waals surface area contributed by atoms with Crippen molar-refractivity contribution in [2.24, 2.45) is 0 Å². The third-order valence-electron chi connectivity index (χ3n) is 3.07. The van der Waals surface area contributed by atoms with Crippen LogP contribution in [-0.2, 0) is 6.61 Å². The number of benzene rings is 2. The van der Waals surface area contributed by atoms with Gasteiger partial charge in [0.2, 0.25) is 0 Å². The number of ether oxygens (including phenoxy) is 1. The fraction of sp³-hybridized carbons (Fsp3) is 0.250. The molecule has 2 nitrogen and oxygen atoms in total. The van der Waals surface area contributed by atoms with Gasteiger partial charge in [-0.1, -0.05) is 24.3 Å². The summed E-state index contributed by atoms with van der Waals surface area (Å²) in [5, 5.41) is 9.63. The van der Waals surface area contributed by atoms with Crippen LogP contribution in [0, 0.1) is 12.7 Å². The van der Waals surface area contributed by atoms with Gasteiger partial charge in [-0.05, 0) is 43.2 Å². The standard InChI is InChI=1S/C16H17FO2/c1-11-5-3-4-6-13(11)10-19-16-8-7-14(17)9-15(16)12(2)18/h3-9,12,18H,10H2,1-2H3. The van der Waals surface area contributed by atoms with Crippen LogP contribution in [0.15, 0.2) is 42.5 Å². The van der Waals surface area contributed by atoms with E-state index in [2.05, 4.69) is 0 Å². The molecule has 1 N–H and O–H groups in total. The molecule has 2 aromatic rings. The van der Waals surface area contributed by atoms with Crippen molar-refractivity contribution in [2.75, 3.05) is 0 Å². The Bertz CT molecular complexity index is 564. The van der Waals surface area contributed by atoms with E-state index in [1.54, 1.807) is 13.0 Å². The average molecular weight is 260 g/mol. The van der Waals surface area contributed by atoms with Gasteiger partial charge in [-0.15, -0.1) is 0 Å². The van der Waals surface area contributed by atoms with Crippen LogP contribution >= 0.6 is 0 Å². The number of aryl methyl sites for hydroxylation is 1. The van der Waals surface area contributed by atoms with Gasteiger partial charge in [0.05, 0.1) is 6.10 Å². The number of halogens is 1. The molecule has 0 saturated heterocycles. The summed E-state index contributed by atoms with van der Waals surface area (Å²) in [4.78, 5) is 0. The molecule has 2 rings (SSSR count). The topological polar surface area (TPSA) is 29.5 Å². The number of aliphatic hydroxyl groups is 1. The normalized spacial score (nSPS) is 12.2. The van der Waals surface area contributed by atoms with Crippen LogP contribution in [0.25, 0.3) is 0 Å². The second kappa shape index (κ2) is 5.85. The van der Waals surface area contributed by atoms with Crippen molar-refractivity contribution in [3.05, 3.63) is 65.0 Å². The molecule has 0 radical (unpaired) electrons. The maximum Gasteiger partial charge on any atom is 0.125 e. The molecule has 0 bridgehead atoms. The molecule has 100 valence electrons. The Morgan fingerprint density at radius 1 is 1.21 bits per heavy atom. The van der Waals surface area contributed by atoms with E-state index < -0.39 is 6.10 Å². The highest BCUT2D eigenvalue weighted by Crippen LogP contribution is 2.27. The third kappa shape index (κ3) is 3.32. The van der Waals surface area contributed by atoms with Crippen molar-refractivity contribution in [3.63, 3.8) is 0 Å². The van der Waals surface area contributed by atoms with Gasteiger partial charge in [0.15, 0.2) is 0 Å². The summed E-state index contributed by atoms with van der Waals surface area (Å²) in [6.45, 7) is 4.01. The van der Waals surface area contributed by atoms with Crippen LogP contribution in [0.3, 0.4) is 0 Å². The molecular formula is C16H17FO2. The van der Waals surface area contributed by atoms with Crippen LogP contribution in [0.2, 0.25) is 0 Å². The quantitative estimate of drug-likeness (QED) is 0.906. The zero-order valence-electron chi connectivity index (χ0n) is 11.1. The molecule has 0 aliphatic heterocycles. The maximum atomic E-state index is 13.2. The first-order valence-electron chi connectivity index (χ1n) is 6.22. The maximum absolute atomic E-state index is 13.2. The van der Waals surface area contributed by atoms with Crippen molar-refractivity contribution in [2.45, 2.75) is 26.6 Å². The first kappa shape index (κ1) is 13.6. The second-order valence-electron chi connectivity index (χ2n) is 4.57. The van der Waals surface area contributed by atoms with E-state index in [0.29, 0.717) is 17.9 Å². The summed E-state index contributed by atoms with van der Waals surface area (Å²) in [7, 11) is 0. The molecule has 0 amide bonds. The highest BCUT2D eigenvalue weighted by Gasteiger charge is 2.11. The highest BCUT2D eigenvalue weighted by molar-refractivity contribution is 5.36.